The SMILES string of the molecule is CC#C[C@H](O)CC(C)C. The third-order valence-electron chi connectivity index (χ3n) is 1.01. The largest absolute Gasteiger partial charge is 0.380 e. The van der Waals surface area contributed by atoms with Gasteiger partial charge in [-0.15, -0.1) is 5.92 Å². The summed E-state index contributed by atoms with van der Waals surface area (Å²) in [6.45, 7) is 5.88. The molecule has 0 unspecified atom stereocenters. The van der Waals surface area contributed by atoms with Gasteiger partial charge in [0.15, 0.2) is 0 Å². The molecule has 0 saturated heterocycles. The van der Waals surface area contributed by atoms with Crippen LogP contribution >= 0.6 is 0 Å². The average molecular weight is 126 g/mol. The Labute approximate surface area is 57.1 Å². The molecule has 9 heavy (non-hydrogen) atoms. The first-order valence-corrected chi connectivity index (χ1v) is 3.27. The van der Waals surface area contributed by atoms with Crippen LogP contribution in [0.1, 0.15) is 27.2 Å². The van der Waals surface area contributed by atoms with Crippen molar-refractivity contribution in [3.05, 3.63) is 0 Å². The topological polar surface area (TPSA) is 20.2 Å². The molecule has 0 radical (unpaired) electrons. The Morgan fingerprint density at radius 3 is 2.33 bits per heavy atom. The quantitative estimate of drug-likeness (QED) is 0.555. The van der Waals surface area contributed by atoms with Gasteiger partial charge in [0.1, 0.15) is 6.10 Å². The molecule has 1 atom stereocenters. The second-order valence-electron chi connectivity index (χ2n) is 2.54. The highest BCUT2D eigenvalue weighted by atomic mass is 16.3. The van der Waals surface area contributed by atoms with Crippen LogP contribution in [0, 0.1) is 17.8 Å². The highest BCUT2D eigenvalue weighted by molar-refractivity contribution is 5.01. The molecule has 0 saturated carbocycles. The molecule has 1 heteroatoms. The van der Waals surface area contributed by atoms with Gasteiger partial charge in [0.25, 0.3) is 0 Å². The summed E-state index contributed by atoms with van der Waals surface area (Å²) >= 11 is 0. The van der Waals surface area contributed by atoms with E-state index >= 15 is 0 Å². The molecule has 0 rings (SSSR count). The third kappa shape index (κ3) is 5.39. The van der Waals surface area contributed by atoms with Crippen LogP contribution in [0.2, 0.25) is 0 Å². The molecular formula is C8H14O. The summed E-state index contributed by atoms with van der Waals surface area (Å²) in [7, 11) is 0. The van der Waals surface area contributed by atoms with E-state index in [0.29, 0.717) is 5.92 Å². The fraction of sp³-hybridized carbons (Fsp3) is 0.750. The van der Waals surface area contributed by atoms with Crippen molar-refractivity contribution in [2.45, 2.75) is 33.3 Å². The van der Waals surface area contributed by atoms with Crippen molar-refractivity contribution >= 4 is 0 Å². The fourth-order valence-corrected chi connectivity index (χ4v) is 0.672. The zero-order valence-electron chi connectivity index (χ0n) is 6.31. The van der Waals surface area contributed by atoms with Gasteiger partial charge in [-0.25, -0.2) is 0 Å². The van der Waals surface area contributed by atoms with Gasteiger partial charge < -0.3 is 5.11 Å². The molecule has 1 nitrogen and oxygen atoms in total. The number of hydrogen-bond acceptors (Lipinski definition) is 1. The van der Waals surface area contributed by atoms with Crippen LogP contribution in [-0.2, 0) is 0 Å². The molecule has 0 amide bonds. The molecule has 0 aliphatic rings. The van der Waals surface area contributed by atoms with E-state index in [0.717, 1.165) is 6.42 Å². The number of rotatable bonds is 2. The number of aliphatic hydroxyl groups excluding tert-OH is 1. The van der Waals surface area contributed by atoms with Gasteiger partial charge in [-0.2, -0.15) is 0 Å². The summed E-state index contributed by atoms with van der Waals surface area (Å²) < 4.78 is 0. The van der Waals surface area contributed by atoms with Crippen molar-refractivity contribution in [2.24, 2.45) is 5.92 Å². The first kappa shape index (κ1) is 8.52. The summed E-state index contributed by atoms with van der Waals surface area (Å²) in [5.41, 5.74) is 0. The van der Waals surface area contributed by atoms with E-state index < -0.39 is 6.10 Å². The van der Waals surface area contributed by atoms with Gasteiger partial charge in [-0.1, -0.05) is 19.8 Å². The zero-order chi connectivity index (χ0) is 7.28. The minimum absolute atomic E-state index is 0.421. The van der Waals surface area contributed by atoms with Crippen molar-refractivity contribution in [2.75, 3.05) is 0 Å². The van der Waals surface area contributed by atoms with Crippen LogP contribution in [0.5, 0.6) is 0 Å². The molecule has 0 heterocycles. The Hall–Kier alpha value is -0.480. The highest BCUT2D eigenvalue weighted by Crippen LogP contribution is 2.02. The Morgan fingerprint density at radius 2 is 2.00 bits per heavy atom. The molecule has 0 aromatic rings. The number of hydrogen-bond donors (Lipinski definition) is 1. The van der Waals surface area contributed by atoms with Gasteiger partial charge in [0.05, 0.1) is 0 Å². The van der Waals surface area contributed by atoms with Crippen molar-refractivity contribution in [1.29, 1.82) is 0 Å². The Morgan fingerprint density at radius 1 is 1.44 bits per heavy atom. The second kappa shape index (κ2) is 4.40. The fourth-order valence-electron chi connectivity index (χ4n) is 0.672. The molecule has 0 aromatic heterocycles. The van der Waals surface area contributed by atoms with Crippen LogP contribution in [0.3, 0.4) is 0 Å². The van der Waals surface area contributed by atoms with Gasteiger partial charge >= 0.3 is 0 Å². The molecule has 0 fully saturated rings. The molecule has 1 N–H and O–H groups in total. The smallest absolute Gasteiger partial charge is 0.115 e. The monoisotopic (exact) mass is 126 g/mol. The van der Waals surface area contributed by atoms with Crippen molar-refractivity contribution < 1.29 is 5.11 Å². The normalized spacial score (nSPS) is 12.6. The van der Waals surface area contributed by atoms with Crippen molar-refractivity contribution in [1.82, 2.24) is 0 Å². The third-order valence-corrected chi connectivity index (χ3v) is 1.01. The summed E-state index contributed by atoms with van der Waals surface area (Å²) in [6.07, 6.45) is 0.357. The maximum absolute atomic E-state index is 9.05. The highest BCUT2D eigenvalue weighted by Gasteiger charge is 2.00. The Kier molecular flexibility index (Phi) is 4.17. The van der Waals surface area contributed by atoms with Crippen LogP contribution < -0.4 is 0 Å². The van der Waals surface area contributed by atoms with Crippen molar-refractivity contribution in [3.8, 4) is 11.8 Å². The number of aliphatic hydroxyl groups is 1. The molecular weight excluding hydrogens is 112 g/mol. The lowest BCUT2D eigenvalue weighted by Gasteiger charge is -2.04. The van der Waals surface area contributed by atoms with Gasteiger partial charge in [0.2, 0.25) is 0 Å². The molecule has 0 aliphatic heterocycles. The van der Waals surface area contributed by atoms with E-state index in [2.05, 4.69) is 25.7 Å². The van der Waals surface area contributed by atoms with Crippen LogP contribution in [0.15, 0.2) is 0 Å². The van der Waals surface area contributed by atoms with Crippen LogP contribution in [0.4, 0.5) is 0 Å². The first-order chi connectivity index (χ1) is 4.16. The molecule has 52 valence electrons. The van der Waals surface area contributed by atoms with E-state index in [9.17, 15) is 0 Å². The van der Waals surface area contributed by atoms with Crippen LogP contribution in [0.25, 0.3) is 0 Å². The summed E-state index contributed by atoms with van der Waals surface area (Å²) in [5.74, 6) is 5.88. The minimum atomic E-state index is -0.421. The molecule has 0 spiro atoms. The van der Waals surface area contributed by atoms with Crippen LogP contribution in [-0.4, -0.2) is 11.2 Å². The summed E-state index contributed by atoms with van der Waals surface area (Å²) in [6, 6.07) is 0. The van der Waals surface area contributed by atoms with E-state index in [4.69, 9.17) is 5.11 Å². The predicted octanol–water partition coefficient (Wildman–Crippen LogP) is 1.42. The summed E-state index contributed by atoms with van der Waals surface area (Å²) in [5, 5.41) is 9.05. The Balaban J connectivity index is 3.46. The second-order valence-corrected chi connectivity index (χ2v) is 2.54. The lowest BCUT2D eigenvalue weighted by atomic mass is 10.1. The average Bonchev–Trinajstić information content (AvgIpc) is 1.63. The zero-order valence-corrected chi connectivity index (χ0v) is 6.31. The Bertz CT molecular complexity index is 116. The minimum Gasteiger partial charge on any atom is -0.380 e. The molecule has 0 bridgehead atoms. The standard InChI is InChI=1S/C8H14O/c1-4-5-8(9)6-7(2)3/h7-9H,6H2,1-3H3/t8-/m0/s1. The van der Waals surface area contributed by atoms with E-state index in [1.165, 1.54) is 0 Å². The van der Waals surface area contributed by atoms with Crippen molar-refractivity contribution in [3.63, 3.8) is 0 Å². The van der Waals surface area contributed by atoms with Gasteiger partial charge in [0, 0.05) is 0 Å². The predicted molar refractivity (Wildman–Crippen MR) is 38.9 cm³/mol. The summed E-state index contributed by atoms with van der Waals surface area (Å²) in [4.78, 5) is 0. The lowest BCUT2D eigenvalue weighted by molar-refractivity contribution is 0.204. The van der Waals surface area contributed by atoms with Gasteiger partial charge in [-0.3, -0.25) is 0 Å². The lowest BCUT2D eigenvalue weighted by Crippen LogP contribution is -2.06. The first-order valence-electron chi connectivity index (χ1n) is 3.27. The van der Waals surface area contributed by atoms with E-state index in [1.807, 2.05) is 0 Å². The molecule has 0 aromatic carbocycles. The van der Waals surface area contributed by atoms with Gasteiger partial charge in [-0.05, 0) is 19.3 Å². The van der Waals surface area contributed by atoms with E-state index in [1.54, 1.807) is 6.92 Å². The maximum atomic E-state index is 9.05. The maximum Gasteiger partial charge on any atom is 0.115 e. The molecule has 0 aliphatic carbocycles. The van der Waals surface area contributed by atoms with E-state index in [-0.39, 0.29) is 0 Å².